The molecule has 0 radical (unpaired) electrons. The molecule has 0 aliphatic carbocycles. The van der Waals surface area contributed by atoms with Gasteiger partial charge >= 0.3 is 0 Å². The maximum atomic E-state index is 13.7. The highest BCUT2D eigenvalue weighted by molar-refractivity contribution is 9.10. The fourth-order valence-corrected chi connectivity index (χ4v) is 1.83. The van der Waals surface area contributed by atoms with Gasteiger partial charge in [-0.1, -0.05) is 18.2 Å². The summed E-state index contributed by atoms with van der Waals surface area (Å²) < 4.78 is 14.3. The van der Waals surface area contributed by atoms with Crippen molar-refractivity contribution in [1.29, 1.82) is 0 Å². The van der Waals surface area contributed by atoms with E-state index in [0.717, 1.165) is 0 Å². The normalized spacial score (nSPS) is 10.2. The van der Waals surface area contributed by atoms with Crippen LogP contribution in [-0.2, 0) is 0 Å². The van der Waals surface area contributed by atoms with Gasteiger partial charge in [-0.2, -0.15) is 0 Å². The van der Waals surface area contributed by atoms with E-state index >= 15 is 0 Å². The Hall–Kier alpha value is -1.75. The summed E-state index contributed by atoms with van der Waals surface area (Å²) in [6, 6.07) is 9.80. The van der Waals surface area contributed by atoms with Gasteiger partial charge in [0.25, 0.3) is 5.91 Å². The number of hydrogen-bond donors (Lipinski definition) is 1. The van der Waals surface area contributed by atoms with Crippen LogP contribution in [0.4, 0.5) is 10.2 Å². The number of carbonyl (C=O) groups is 1. The molecule has 0 saturated heterocycles. The van der Waals surface area contributed by atoms with Crippen molar-refractivity contribution in [3.63, 3.8) is 0 Å². The smallest absolute Gasteiger partial charge is 0.259 e. The number of hydrogen-bond acceptors (Lipinski definition) is 2. The molecule has 1 aromatic heterocycles. The number of halogens is 2. The van der Waals surface area contributed by atoms with Crippen LogP contribution in [0.15, 0.2) is 41.0 Å². The van der Waals surface area contributed by atoms with E-state index in [-0.39, 0.29) is 5.56 Å². The van der Waals surface area contributed by atoms with Crippen molar-refractivity contribution < 1.29 is 9.18 Å². The fourth-order valence-electron chi connectivity index (χ4n) is 1.48. The summed E-state index contributed by atoms with van der Waals surface area (Å²) >= 11 is 3.20. The number of anilines is 1. The molecule has 1 heterocycles. The van der Waals surface area contributed by atoms with Gasteiger partial charge in [0.2, 0.25) is 0 Å². The average Bonchev–Trinajstić information content (AvgIpc) is 2.32. The molecule has 2 rings (SSSR count). The summed E-state index contributed by atoms with van der Waals surface area (Å²) in [5, 5.41) is 2.55. The predicted octanol–water partition coefficient (Wildman–Crippen LogP) is 3.54. The van der Waals surface area contributed by atoms with Crippen LogP contribution in [0.25, 0.3) is 0 Å². The number of pyridine rings is 1. The quantitative estimate of drug-likeness (QED) is 0.862. The summed E-state index contributed by atoms with van der Waals surface area (Å²) in [4.78, 5) is 15.9. The minimum absolute atomic E-state index is 0.0109. The second kappa shape index (κ2) is 5.27. The molecule has 3 nitrogen and oxygen atoms in total. The van der Waals surface area contributed by atoms with Crippen molar-refractivity contribution in [2.45, 2.75) is 6.92 Å². The Morgan fingerprint density at radius 2 is 2.00 bits per heavy atom. The largest absolute Gasteiger partial charge is 0.306 e. The van der Waals surface area contributed by atoms with Crippen LogP contribution in [0.2, 0.25) is 0 Å². The lowest BCUT2D eigenvalue weighted by Crippen LogP contribution is -2.15. The van der Waals surface area contributed by atoms with Crippen LogP contribution in [0, 0.1) is 12.7 Å². The molecule has 1 amide bonds. The van der Waals surface area contributed by atoms with Crippen LogP contribution < -0.4 is 5.32 Å². The van der Waals surface area contributed by atoms with E-state index in [1.807, 2.05) is 0 Å². The van der Waals surface area contributed by atoms with Crippen LogP contribution >= 0.6 is 15.9 Å². The van der Waals surface area contributed by atoms with E-state index in [1.54, 1.807) is 37.3 Å². The number of aromatic nitrogens is 1. The summed E-state index contributed by atoms with van der Waals surface area (Å²) in [6.45, 7) is 1.61. The molecule has 0 saturated carbocycles. The van der Waals surface area contributed by atoms with Crippen molar-refractivity contribution in [2.24, 2.45) is 0 Å². The first-order valence-electron chi connectivity index (χ1n) is 5.27. The van der Waals surface area contributed by atoms with E-state index in [1.165, 1.54) is 6.07 Å². The Morgan fingerprint density at radius 1 is 1.28 bits per heavy atom. The van der Waals surface area contributed by atoms with Crippen molar-refractivity contribution in [1.82, 2.24) is 4.98 Å². The third kappa shape index (κ3) is 2.73. The highest BCUT2D eigenvalue weighted by Gasteiger charge is 2.13. The van der Waals surface area contributed by atoms with Gasteiger partial charge in [-0.3, -0.25) is 4.79 Å². The molecule has 0 atom stereocenters. The number of nitrogens with zero attached hydrogens (tertiary/aromatic N) is 1. The first-order valence-corrected chi connectivity index (χ1v) is 6.06. The number of benzene rings is 1. The third-order valence-corrected chi connectivity index (χ3v) is 2.83. The molecule has 5 heteroatoms. The Morgan fingerprint density at radius 3 is 2.72 bits per heavy atom. The van der Waals surface area contributed by atoms with Crippen LogP contribution in [-0.4, -0.2) is 10.9 Å². The molecular weight excluding hydrogens is 299 g/mol. The summed E-state index contributed by atoms with van der Waals surface area (Å²) in [7, 11) is 0. The second-order valence-electron chi connectivity index (χ2n) is 3.74. The van der Waals surface area contributed by atoms with Crippen molar-refractivity contribution in [3.8, 4) is 0 Å². The molecular formula is C13H10BrFN2O. The number of carbonyl (C=O) groups excluding carboxylic acids is 1. The Kier molecular flexibility index (Phi) is 3.72. The topological polar surface area (TPSA) is 42.0 Å². The zero-order valence-corrected chi connectivity index (χ0v) is 11.2. The monoisotopic (exact) mass is 308 g/mol. The zero-order chi connectivity index (χ0) is 13.1. The molecule has 18 heavy (non-hydrogen) atoms. The number of nitrogens with one attached hydrogen (secondary N) is 1. The molecule has 0 bridgehead atoms. The van der Waals surface area contributed by atoms with Gasteiger partial charge in [0.1, 0.15) is 16.2 Å². The predicted molar refractivity (Wildman–Crippen MR) is 71.0 cm³/mol. The van der Waals surface area contributed by atoms with Gasteiger partial charge < -0.3 is 5.32 Å². The van der Waals surface area contributed by atoms with Gasteiger partial charge in [-0.05, 0) is 46.6 Å². The molecule has 0 fully saturated rings. The van der Waals surface area contributed by atoms with Gasteiger partial charge in [0, 0.05) is 0 Å². The van der Waals surface area contributed by atoms with E-state index in [0.29, 0.717) is 16.0 Å². The summed E-state index contributed by atoms with van der Waals surface area (Å²) in [5.41, 5.74) is 0.446. The average molecular weight is 309 g/mol. The van der Waals surface area contributed by atoms with Crippen LogP contribution in [0.1, 0.15) is 15.9 Å². The Balaban J connectivity index is 2.25. The number of amides is 1. The maximum Gasteiger partial charge on any atom is 0.259 e. The van der Waals surface area contributed by atoms with Crippen LogP contribution in [0.3, 0.4) is 0 Å². The summed E-state index contributed by atoms with van der Waals surface area (Å²) in [6.07, 6.45) is 0. The fraction of sp³-hybridized carbons (Fsp3) is 0.0769. The molecule has 92 valence electrons. The molecule has 0 aliphatic heterocycles. The Labute approximate surface area is 112 Å². The van der Waals surface area contributed by atoms with Crippen molar-refractivity contribution in [2.75, 3.05) is 5.32 Å². The third-order valence-electron chi connectivity index (χ3n) is 2.39. The van der Waals surface area contributed by atoms with E-state index in [2.05, 4.69) is 26.2 Å². The first kappa shape index (κ1) is 12.7. The SMILES string of the molecule is Cc1cccc(C(=O)Nc2cccc(Br)n2)c1F. The van der Waals surface area contributed by atoms with Crippen molar-refractivity contribution >= 4 is 27.7 Å². The van der Waals surface area contributed by atoms with Crippen LogP contribution in [0.5, 0.6) is 0 Å². The van der Waals surface area contributed by atoms with Gasteiger partial charge in [0.15, 0.2) is 0 Å². The van der Waals surface area contributed by atoms with E-state index < -0.39 is 11.7 Å². The molecule has 2 aromatic rings. The lowest BCUT2D eigenvalue weighted by Gasteiger charge is -2.06. The minimum Gasteiger partial charge on any atom is -0.306 e. The highest BCUT2D eigenvalue weighted by atomic mass is 79.9. The zero-order valence-electron chi connectivity index (χ0n) is 9.58. The molecule has 1 N–H and O–H groups in total. The molecule has 1 aromatic carbocycles. The van der Waals surface area contributed by atoms with E-state index in [9.17, 15) is 9.18 Å². The highest BCUT2D eigenvalue weighted by Crippen LogP contribution is 2.15. The number of aryl methyl sites for hydroxylation is 1. The standard InChI is InChI=1S/C13H10BrFN2O/c1-8-4-2-5-9(12(8)15)13(18)17-11-7-3-6-10(14)16-11/h2-7H,1H3,(H,16,17,18). The van der Waals surface area contributed by atoms with Gasteiger partial charge in [-0.15, -0.1) is 0 Å². The molecule has 0 spiro atoms. The van der Waals surface area contributed by atoms with Crippen molar-refractivity contribution in [3.05, 3.63) is 57.9 Å². The minimum atomic E-state index is -0.512. The second-order valence-corrected chi connectivity index (χ2v) is 4.55. The lowest BCUT2D eigenvalue weighted by molar-refractivity contribution is 0.102. The molecule has 0 aliphatic rings. The van der Waals surface area contributed by atoms with E-state index in [4.69, 9.17) is 0 Å². The lowest BCUT2D eigenvalue weighted by atomic mass is 10.1. The molecule has 0 unspecified atom stereocenters. The van der Waals surface area contributed by atoms with Gasteiger partial charge in [0.05, 0.1) is 5.56 Å². The first-order chi connectivity index (χ1) is 8.58. The summed E-state index contributed by atoms with van der Waals surface area (Å²) in [5.74, 6) is -0.651. The maximum absolute atomic E-state index is 13.7. The Bertz CT molecular complexity index is 601. The van der Waals surface area contributed by atoms with Gasteiger partial charge in [-0.25, -0.2) is 9.37 Å². The number of rotatable bonds is 2.